The molecule has 0 unspecified atom stereocenters. The fraction of sp³-hybridized carbons (Fsp3) is 0.355. The number of methoxy groups -OCH3 is 2. The first-order valence-corrected chi connectivity index (χ1v) is 14.9. The van der Waals surface area contributed by atoms with Crippen LogP contribution >= 0.6 is 0 Å². The van der Waals surface area contributed by atoms with Gasteiger partial charge in [0.1, 0.15) is 24.1 Å². The molecule has 3 aromatic rings. The van der Waals surface area contributed by atoms with Crippen molar-refractivity contribution in [3.8, 4) is 11.5 Å². The number of hydrogen-bond donors (Lipinski definition) is 1. The summed E-state index contributed by atoms with van der Waals surface area (Å²) in [4.78, 5) is 28.8. The van der Waals surface area contributed by atoms with Gasteiger partial charge in [-0.05, 0) is 62.6 Å². The van der Waals surface area contributed by atoms with E-state index < -0.39 is 28.5 Å². The number of nitrogens with one attached hydrogen (secondary N) is 1. The van der Waals surface area contributed by atoms with Gasteiger partial charge < -0.3 is 19.7 Å². The highest BCUT2D eigenvalue weighted by molar-refractivity contribution is 7.92. The van der Waals surface area contributed by atoms with Gasteiger partial charge in [-0.25, -0.2) is 8.42 Å². The molecule has 0 aromatic heterocycles. The first-order chi connectivity index (χ1) is 19.6. The molecule has 1 N–H and O–H groups in total. The van der Waals surface area contributed by atoms with Crippen LogP contribution in [0.15, 0.2) is 71.6 Å². The van der Waals surface area contributed by atoms with Gasteiger partial charge in [0.15, 0.2) is 0 Å². The summed E-state index contributed by atoms with van der Waals surface area (Å²) >= 11 is 0. The molecule has 3 rings (SSSR count). The molecule has 0 aliphatic carbocycles. The Balaban J connectivity index is 2.16. The van der Waals surface area contributed by atoms with Crippen molar-refractivity contribution in [2.75, 3.05) is 31.6 Å². The number of amides is 2. The highest BCUT2D eigenvalue weighted by Crippen LogP contribution is 2.36. The normalized spacial score (nSPS) is 11.9. The molecule has 0 heterocycles. The van der Waals surface area contributed by atoms with Crippen molar-refractivity contribution in [1.82, 2.24) is 10.2 Å². The van der Waals surface area contributed by atoms with Gasteiger partial charge in [-0.2, -0.15) is 0 Å². The summed E-state index contributed by atoms with van der Waals surface area (Å²) < 4.78 is 40.2. The quantitative estimate of drug-likeness (QED) is 0.320. The standard InChI is InChI=1S/C31H39N3O6S/c1-7-27(31(36)32-8-2)33(20-24-12-10-9-11-23(24)4)30(35)21-34(28-19-25(39-5)15-18-29(28)40-6)41(37,38)26-16-13-22(3)14-17-26/h9-19,27H,7-8,20-21H2,1-6H3,(H,32,36)/t27-/m1/s1. The third-order valence-electron chi connectivity index (χ3n) is 6.88. The predicted octanol–water partition coefficient (Wildman–Crippen LogP) is 4.46. The molecule has 0 fully saturated rings. The van der Waals surface area contributed by atoms with Gasteiger partial charge in [0.05, 0.1) is 24.8 Å². The second kappa shape index (κ2) is 14.0. The second-order valence-electron chi connectivity index (χ2n) is 9.63. The van der Waals surface area contributed by atoms with Gasteiger partial charge in [-0.3, -0.25) is 13.9 Å². The summed E-state index contributed by atoms with van der Waals surface area (Å²) in [7, 11) is -1.35. The minimum Gasteiger partial charge on any atom is -0.497 e. The molecule has 0 saturated heterocycles. The van der Waals surface area contributed by atoms with Crippen molar-refractivity contribution in [1.29, 1.82) is 0 Å². The molecule has 3 aromatic carbocycles. The molecule has 41 heavy (non-hydrogen) atoms. The fourth-order valence-electron chi connectivity index (χ4n) is 4.53. The maximum absolute atomic E-state index is 14.2. The smallest absolute Gasteiger partial charge is 0.264 e. The zero-order valence-corrected chi connectivity index (χ0v) is 25.3. The van der Waals surface area contributed by atoms with E-state index in [2.05, 4.69) is 5.32 Å². The average Bonchev–Trinajstić information content (AvgIpc) is 2.96. The van der Waals surface area contributed by atoms with E-state index in [1.807, 2.05) is 52.0 Å². The summed E-state index contributed by atoms with van der Waals surface area (Å²) in [6.07, 6.45) is 0.344. The molecule has 0 aliphatic rings. The van der Waals surface area contributed by atoms with Crippen molar-refractivity contribution in [3.63, 3.8) is 0 Å². The van der Waals surface area contributed by atoms with E-state index in [9.17, 15) is 18.0 Å². The Kier molecular flexibility index (Phi) is 10.8. The van der Waals surface area contributed by atoms with Crippen LogP contribution in [0.1, 0.15) is 37.0 Å². The number of anilines is 1. The summed E-state index contributed by atoms with van der Waals surface area (Å²) in [5, 5.41) is 2.81. The summed E-state index contributed by atoms with van der Waals surface area (Å²) in [6, 6.07) is 17.9. The van der Waals surface area contributed by atoms with Gasteiger partial charge in [0, 0.05) is 19.2 Å². The molecule has 220 valence electrons. The number of benzene rings is 3. The van der Waals surface area contributed by atoms with Crippen LogP contribution in [0.3, 0.4) is 0 Å². The maximum Gasteiger partial charge on any atom is 0.264 e. The minimum absolute atomic E-state index is 0.0157. The van der Waals surface area contributed by atoms with Crippen LogP contribution in [0.25, 0.3) is 0 Å². The van der Waals surface area contributed by atoms with Gasteiger partial charge in [0.25, 0.3) is 10.0 Å². The van der Waals surface area contributed by atoms with E-state index in [4.69, 9.17) is 9.47 Å². The largest absolute Gasteiger partial charge is 0.497 e. The van der Waals surface area contributed by atoms with E-state index in [1.165, 1.54) is 37.3 Å². The Morgan fingerprint density at radius 1 is 0.927 bits per heavy atom. The molecule has 0 aliphatic heterocycles. The number of rotatable bonds is 13. The van der Waals surface area contributed by atoms with E-state index in [0.717, 1.165) is 21.0 Å². The Bertz CT molecular complexity index is 1460. The van der Waals surface area contributed by atoms with Crippen LogP contribution < -0.4 is 19.1 Å². The van der Waals surface area contributed by atoms with E-state index >= 15 is 0 Å². The van der Waals surface area contributed by atoms with Crippen LogP contribution in [0.4, 0.5) is 5.69 Å². The summed E-state index contributed by atoms with van der Waals surface area (Å²) in [5.41, 5.74) is 2.84. The molecular weight excluding hydrogens is 542 g/mol. The minimum atomic E-state index is -4.25. The lowest BCUT2D eigenvalue weighted by atomic mass is 10.1. The zero-order valence-electron chi connectivity index (χ0n) is 24.5. The van der Waals surface area contributed by atoms with E-state index in [1.54, 1.807) is 24.3 Å². The summed E-state index contributed by atoms with van der Waals surface area (Å²) in [5.74, 6) is -0.200. The molecule has 0 radical (unpaired) electrons. The van der Waals surface area contributed by atoms with Crippen molar-refractivity contribution in [3.05, 3.63) is 83.4 Å². The zero-order chi connectivity index (χ0) is 30.2. The maximum atomic E-state index is 14.2. The fourth-order valence-corrected chi connectivity index (χ4v) is 5.94. The number of aryl methyl sites for hydroxylation is 2. The van der Waals surface area contributed by atoms with Crippen LogP contribution in [0.2, 0.25) is 0 Å². The number of likely N-dealkylation sites (N-methyl/N-ethyl adjacent to an activating group) is 1. The van der Waals surface area contributed by atoms with Crippen molar-refractivity contribution in [2.24, 2.45) is 0 Å². The summed E-state index contributed by atoms with van der Waals surface area (Å²) in [6.45, 7) is 7.39. The first kappa shape index (κ1) is 31.5. The lowest BCUT2D eigenvalue weighted by molar-refractivity contribution is -0.140. The van der Waals surface area contributed by atoms with Crippen molar-refractivity contribution >= 4 is 27.5 Å². The lowest BCUT2D eigenvalue weighted by Crippen LogP contribution is -2.52. The first-order valence-electron chi connectivity index (χ1n) is 13.5. The SMILES string of the molecule is CCNC(=O)[C@@H](CC)N(Cc1ccccc1C)C(=O)CN(c1cc(OC)ccc1OC)S(=O)(=O)c1ccc(C)cc1. The Hall–Kier alpha value is -4.05. The lowest BCUT2D eigenvalue weighted by Gasteiger charge is -2.33. The Morgan fingerprint density at radius 3 is 2.20 bits per heavy atom. The molecule has 1 atom stereocenters. The number of carbonyl (C=O) groups excluding carboxylic acids is 2. The highest BCUT2D eigenvalue weighted by atomic mass is 32.2. The van der Waals surface area contributed by atoms with Gasteiger partial charge >= 0.3 is 0 Å². The average molecular weight is 582 g/mol. The molecule has 0 spiro atoms. The molecule has 0 bridgehead atoms. The number of nitrogens with zero attached hydrogens (tertiary/aromatic N) is 2. The Labute approximate surface area is 243 Å². The number of sulfonamides is 1. The molecular formula is C31H39N3O6S. The third-order valence-corrected chi connectivity index (χ3v) is 8.66. The monoisotopic (exact) mass is 581 g/mol. The predicted molar refractivity (Wildman–Crippen MR) is 160 cm³/mol. The van der Waals surface area contributed by atoms with Gasteiger partial charge in [-0.15, -0.1) is 0 Å². The molecule has 0 saturated carbocycles. The number of hydrogen-bond acceptors (Lipinski definition) is 6. The van der Waals surface area contributed by atoms with Crippen LogP contribution in [0.5, 0.6) is 11.5 Å². The van der Waals surface area contributed by atoms with E-state index in [0.29, 0.717) is 18.7 Å². The Morgan fingerprint density at radius 2 is 1.61 bits per heavy atom. The highest BCUT2D eigenvalue weighted by Gasteiger charge is 2.35. The second-order valence-corrected chi connectivity index (χ2v) is 11.5. The van der Waals surface area contributed by atoms with Crippen LogP contribution in [-0.2, 0) is 26.2 Å². The van der Waals surface area contributed by atoms with E-state index in [-0.39, 0.29) is 28.8 Å². The molecule has 10 heteroatoms. The molecule has 2 amide bonds. The number of carbonyl (C=O) groups is 2. The van der Waals surface area contributed by atoms with Crippen molar-refractivity contribution in [2.45, 2.75) is 51.6 Å². The van der Waals surface area contributed by atoms with Crippen LogP contribution in [-0.4, -0.2) is 58.5 Å². The van der Waals surface area contributed by atoms with Gasteiger partial charge in [0.2, 0.25) is 11.8 Å². The molecule has 9 nitrogen and oxygen atoms in total. The third kappa shape index (κ3) is 7.38. The topological polar surface area (TPSA) is 105 Å². The van der Waals surface area contributed by atoms with Crippen LogP contribution in [0, 0.1) is 13.8 Å². The van der Waals surface area contributed by atoms with Crippen molar-refractivity contribution < 1.29 is 27.5 Å². The number of ether oxygens (including phenoxy) is 2. The van der Waals surface area contributed by atoms with Gasteiger partial charge in [-0.1, -0.05) is 48.9 Å².